The molecule has 2 rings (SSSR count). The monoisotopic (exact) mass is 469 g/mol. The first-order chi connectivity index (χ1) is 15.7. The smallest absolute Gasteiger partial charge is 0.339 e. The predicted octanol–water partition coefficient (Wildman–Crippen LogP) is 4.24. The van der Waals surface area contributed by atoms with E-state index < -0.39 is 17.9 Å². The molecule has 0 radical (unpaired) electrons. The van der Waals surface area contributed by atoms with Crippen molar-refractivity contribution in [2.24, 2.45) is 5.16 Å². The molecule has 2 aromatic carbocycles. The fourth-order valence-corrected chi connectivity index (χ4v) is 3.31. The zero-order chi connectivity index (χ0) is 24.4. The molecule has 0 unspecified atom stereocenters. The highest BCUT2D eigenvalue weighted by Crippen LogP contribution is 2.31. The molecule has 33 heavy (non-hydrogen) atoms. The lowest BCUT2D eigenvalue weighted by molar-refractivity contribution is -0.141. The third-order valence-electron chi connectivity index (χ3n) is 3.99. The molecule has 0 bridgehead atoms. The van der Waals surface area contributed by atoms with Crippen molar-refractivity contribution in [3.8, 4) is 0 Å². The second-order valence-corrected chi connectivity index (χ2v) is 7.88. The maximum Gasteiger partial charge on any atom is 0.339 e. The largest absolute Gasteiger partial charge is 0.459 e. The van der Waals surface area contributed by atoms with Crippen LogP contribution in [0.4, 0.5) is 0 Å². The Kier molecular flexibility index (Phi) is 9.56. The molecule has 8 nitrogen and oxygen atoms in total. The van der Waals surface area contributed by atoms with E-state index in [9.17, 15) is 19.2 Å². The van der Waals surface area contributed by atoms with E-state index in [2.05, 4.69) is 16.6 Å². The first-order valence-corrected chi connectivity index (χ1v) is 10.6. The van der Waals surface area contributed by atoms with Crippen LogP contribution in [0.1, 0.15) is 41.5 Å². The van der Waals surface area contributed by atoms with Crippen LogP contribution in [0, 0.1) is 0 Å². The zero-order valence-corrected chi connectivity index (χ0v) is 19.3. The average molecular weight is 470 g/mol. The van der Waals surface area contributed by atoms with Crippen LogP contribution >= 0.6 is 11.8 Å². The normalized spacial score (nSPS) is 10.8. The molecule has 0 aliphatic heterocycles. The van der Waals surface area contributed by atoms with Gasteiger partial charge >= 0.3 is 17.9 Å². The van der Waals surface area contributed by atoms with Crippen LogP contribution in [0.3, 0.4) is 0 Å². The van der Waals surface area contributed by atoms with Crippen LogP contribution in [-0.2, 0) is 23.9 Å². The number of esters is 2. The summed E-state index contributed by atoms with van der Waals surface area (Å²) >= 11 is 1.32. The van der Waals surface area contributed by atoms with Crippen LogP contribution in [-0.4, -0.2) is 42.6 Å². The van der Waals surface area contributed by atoms with Crippen LogP contribution < -0.4 is 0 Å². The van der Waals surface area contributed by atoms with E-state index in [1.54, 1.807) is 48.5 Å². The number of ether oxygens (including phenoxy) is 2. The van der Waals surface area contributed by atoms with Gasteiger partial charge in [-0.15, -0.1) is 0 Å². The quantitative estimate of drug-likeness (QED) is 0.0967. The predicted molar refractivity (Wildman–Crippen MR) is 122 cm³/mol. The van der Waals surface area contributed by atoms with Gasteiger partial charge in [0.15, 0.2) is 0 Å². The molecule has 0 amide bonds. The van der Waals surface area contributed by atoms with Crippen molar-refractivity contribution in [2.45, 2.75) is 30.6 Å². The Bertz CT molecular complexity index is 1090. The summed E-state index contributed by atoms with van der Waals surface area (Å²) in [4.78, 5) is 53.0. The Morgan fingerprint density at radius 3 is 2.18 bits per heavy atom. The Morgan fingerprint density at radius 1 is 0.909 bits per heavy atom. The topological polar surface area (TPSA) is 108 Å². The maximum atomic E-state index is 12.5. The fraction of sp³-hybridized carbons (Fsp3) is 0.208. The van der Waals surface area contributed by atoms with Crippen LogP contribution in [0.15, 0.2) is 75.6 Å². The van der Waals surface area contributed by atoms with Crippen LogP contribution in [0.2, 0.25) is 0 Å². The van der Waals surface area contributed by atoms with Gasteiger partial charge in [0.2, 0.25) is 5.78 Å². The van der Waals surface area contributed by atoms with E-state index in [0.717, 1.165) is 4.90 Å². The SMILES string of the molecule is C=C(C)C(=O)OCCOC(=O)c1ccccc1Sc1ccc(C(=O)/C(C)=N/OC(C)=O)cc1. The summed E-state index contributed by atoms with van der Waals surface area (Å²) < 4.78 is 10.1. The summed E-state index contributed by atoms with van der Waals surface area (Å²) in [6.07, 6.45) is 0. The number of carbonyl (C=O) groups is 4. The molecule has 2 aromatic rings. The minimum absolute atomic E-state index is 0.0487. The van der Waals surface area contributed by atoms with Crippen molar-refractivity contribution in [1.82, 2.24) is 0 Å². The molecule has 0 aromatic heterocycles. The highest BCUT2D eigenvalue weighted by Gasteiger charge is 2.15. The molecule has 0 N–H and O–H groups in total. The van der Waals surface area contributed by atoms with Gasteiger partial charge in [-0.25, -0.2) is 14.4 Å². The molecular weight excluding hydrogens is 446 g/mol. The Morgan fingerprint density at radius 2 is 1.55 bits per heavy atom. The number of hydrogen-bond donors (Lipinski definition) is 0. The molecule has 0 saturated carbocycles. The molecular formula is C24H23NO7S. The number of oxime groups is 1. The van der Waals surface area contributed by atoms with Gasteiger partial charge in [-0.3, -0.25) is 4.79 Å². The first-order valence-electron chi connectivity index (χ1n) is 9.82. The first kappa shape index (κ1) is 25.5. The van der Waals surface area contributed by atoms with Gasteiger partial charge in [-0.2, -0.15) is 0 Å². The van der Waals surface area contributed by atoms with Crippen molar-refractivity contribution in [3.05, 3.63) is 71.8 Å². The lowest BCUT2D eigenvalue weighted by atomic mass is 10.1. The molecule has 0 atom stereocenters. The van der Waals surface area contributed by atoms with E-state index in [1.807, 2.05) is 0 Å². The molecule has 9 heteroatoms. The lowest BCUT2D eigenvalue weighted by Gasteiger charge is -2.10. The Balaban J connectivity index is 2.02. The third kappa shape index (κ3) is 8.04. The van der Waals surface area contributed by atoms with Crippen molar-refractivity contribution in [2.75, 3.05) is 13.2 Å². The van der Waals surface area contributed by atoms with E-state index >= 15 is 0 Å². The van der Waals surface area contributed by atoms with Crippen molar-refractivity contribution in [3.63, 3.8) is 0 Å². The van der Waals surface area contributed by atoms with Gasteiger partial charge in [0, 0.05) is 27.9 Å². The Hall–Kier alpha value is -3.72. The van der Waals surface area contributed by atoms with Gasteiger partial charge in [-0.05, 0) is 50.2 Å². The molecule has 0 aliphatic carbocycles. The maximum absolute atomic E-state index is 12.5. The third-order valence-corrected chi connectivity index (χ3v) is 5.07. The number of Topliss-reactive ketones (excluding diaryl/α,β-unsaturated/α-hetero) is 1. The summed E-state index contributed by atoms with van der Waals surface area (Å²) in [6, 6.07) is 13.6. The number of hydrogen-bond acceptors (Lipinski definition) is 9. The average Bonchev–Trinajstić information content (AvgIpc) is 2.80. The van der Waals surface area contributed by atoms with E-state index in [1.165, 1.54) is 32.5 Å². The summed E-state index contributed by atoms with van der Waals surface area (Å²) in [5.41, 5.74) is 1.05. The van der Waals surface area contributed by atoms with Crippen molar-refractivity contribution >= 4 is 41.2 Å². The number of rotatable bonds is 10. The van der Waals surface area contributed by atoms with Gasteiger partial charge in [-0.1, -0.05) is 35.6 Å². The molecule has 0 saturated heterocycles. The van der Waals surface area contributed by atoms with Crippen LogP contribution in [0.5, 0.6) is 0 Å². The second kappa shape index (κ2) is 12.4. The number of ketones is 1. The minimum atomic E-state index is -0.612. The molecule has 172 valence electrons. The molecule has 0 fully saturated rings. The number of benzene rings is 2. The number of nitrogens with zero attached hydrogens (tertiary/aromatic N) is 1. The number of carbonyl (C=O) groups excluding carboxylic acids is 4. The fourth-order valence-electron chi connectivity index (χ4n) is 2.38. The molecule has 0 spiro atoms. The van der Waals surface area contributed by atoms with E-state index in [4.69, 9.17) is 9.47 Å². The summed E-state index contributed by atoms with van der Waals surface area (Å²) in [5, 5.41) is 3.50. The summed E-state index contributed by atoms with van der Waals surface area (Å²) in [5.74, 6) is -2.08. The summed E-state index contributed by atoms with van der Waals surface area (Å²) in [7, 11) is 0. The second-order valence-electron chi connectivity index (χ2n) is 6.76. The van der Waals surface area contributed by atoms with Gasteiger partial charge in [0.1, 0.15) is 18.9 Å². The standard InChI is InChI=1S/C24H23NO7S/c1-15(2)23(28)30-13-14-31-24(29)20-7-5-6-8-21(20)33-19-11-9-18(10-12-19)22(27)16(3)25-32-17(4)26/h5-12H,1,13-14H2,2-4H3/b25-16+. The van der Waals surface area contributed by atoms with Crippen molar-refractivity contribution in [1.29, 1.82) is 0 Å². The molecule has 0 heterocycles. The minimum Gasteiger partial charge on any atom is -0.459 e. The van der Waals surface area contributed by atoms with Crippen molar-refractivity contribution < 1.29 is 33.5 Å². The summed E-state index contributed by atoms with van der Waals surface area (Å²) in [6.45, 7) is 7.51. The highest BCUT2D eigenvalue weighted by atomic mass is 32.2. The van der Waals surface area contributed by atoms with Gasteiger partial charge in [0.25, 0.3) is 0 Å². The highest BCUT2D eigenvalue weighted by molar-refractivity contribution is 7.99. The lowest BCUT2D eigenvalue weighted by Crippen LogP contribution is -2.14. The Labute approximate surface area is 195 Å². The van der Waals surface area contributed by atoms with E-state index in [0.29, 0.717) is 16.0 Å². The van der Waals surface area contributed by atoms with Gasteiger partial charge in [0.05, 0.1) is 5.56 Å². The molecule has 0 aliphatic rings. The zero-order valence-electron chi connectivity index (χ0n) is 18.5. The van der Waals surface area contributed by atoms with Gasteiger partial charge < -0.3 is 14.3 Å². The van der Waals surface area contributed by atoms with Crippen LogP contribution in [0.25, 0.3) is 0 Å². The van der Waals surface area contributed by atoms with E-state index in [-0.39, 0.29) is 30.3 Å².